The lowest BCUT2D eigenvalue weighted by Gasteiger charge is -2.37. The zero-order valence-electron chi connectivity index (χ0n) is 33.3. The minimum Gasteiger partial charge on any atom is -0.382 e. The van der Waals surface area contributed by atoms with Crippen molar-refractivity contribution < 1.29 is 51.9 Å². The molecule has 336 valence electrons. The number of anilines is 6. The van der Waals surface area contributed by atoms with E-state index in [1.807, 2.05) is 27.7 Å². The average molecular weight is 943 g/mol. The van der Waals surface area contributed by atoms with Gasteiger partial charge in [0.1, 0.15) is 21.2 Å². The first-order valence-electron chi connectivity index (χ1n) is 18.3. The summed E-state index contributed by atoms with van der Waals surface area (Å²) in [7, 11) is -19.6. The van der Waals surface area contributed by atoms with E-state index < -0.39 is 71.4 Å². The van der Waals surface area contributed by atoms with Gasteiger partial charge >= 0.3 is 0 Å². The fourth-order valence-electron chi connectivity index (χ4n) is 6.07. The molecule has 0 aliphatic carbocycles. The zero-order valence-corrected chi connectivity index (χ0v) is 36.6. The van der Waals surface area contributed by atoms with Crippen LogP contribution in [0.3, 0.4) is 0 Å². The van der Waals surface area contributed by atoms with Crippen molar-refractivity contribution in [2.24, 2.45) is 20.5 Å². The van der Waals surface area contributed by atoms with Crippen molar-refractivity contribution in [3.63, 3.8) is 0 Å². The first-order chi connectivity index (χ1) is 28.9. The lowest BCUT2D eigenvalue weighted by molar-refractivity contribution is 0.478. The van der Waals surface area contributed by atoms with E-state index in [0.717, 1.165) is 24.3 Å². The fourth-order valence-corrected chi connectivity index (χ4v) is 8.28. The summed E-state index contributed by atoms with van der Waals surface area (Å²) >= 11 is 0. The maximum atomic E-state index is 12.2. The van der Waals surface area contributed by atoms with Crippen LogP contribution < -0.4 is 31.1 Å². The second kappa shape index (κ2) is 18.3. The Morgan fingerprint density at radius 1 is 0.532 bits per heavy atom. The molecule has 5 rings (SSSR count). The number of rotatable bonds is 16. The predicted octanol–water partition coefficient (Wildman–Crippen LogP) is 3.27. The van der Waals surface area contributed by atoms with Crippen LogP contribution in [0.1, 0.15) is 27.7 Å². The second-order valence-corrected chi connectivity index (χ2v) is 18.7. The topological polar surface area (TPSA) is 383 Å². The van der Waals surface area contributed by atoms with Gasteiger partial charge in [0.25, 0.3) is 40.5 Å². The van der Waals surface area contributed by atoms with E-state index >= 15 is 0 Å². The third-order valence-electron chi connectivity index (χ3n) is 9.26. The highest BCUT2D eigenvalue weighted by Crippen LogP contribution is 2.40. The monoisotopic (exact) mass is 942 g/mol. The summed E-state index contributed by atoms with van der Waals surface area (Å²) in [4.78, 5) is 22.1. The quantitative estimate of drug-likeness (QED) is 0.0693. The molecule has 0 atom stereocenters. The summed E-state index contributed by atoms with van der Waals surface area (Å²) in [6, 6.07) is 4.32. The van der Waals surface area contributed by atoms with Crippen molar-refractivity contribution in [1.29, 1.82) is 0 Å². The van der Waals surface area contributed by atoms with Crippen LogP contribution in [0, 0.1) is 0 Å². The number of hydrogen-bond acceptors (Lipinski definition) is 22. The molecule has 0 saturated carbocycles. The lowest BCUT2D eigenvalue weighted by Crippen LogP contribution is -2.47. The van der Waals surface area contributed by atoms with Gasteiger partial charge in [-0.2, -0.15) is 53.6 Å². The zero-order chi connectivity index (χ0) is 45.9. The molecule has 1 saturated heterocycles. The molecule has 1 aliphatic heterocycles. The van der Waals surface area contributed by atoms with Crippen LogP contribution in [0.15, 0.2) is 76.4 Å². The molecule has 2 aromatic carbocycles. The number of hydrogen-bond donors (Lipinski definition) is 6. The van der Waals surface area contributed by atoms with Crippen molar-refractivity contribution in [2.75, 3.05) is 83.4 Å². The molecule has 1 fully saturated rings. The summed E-state index contributed by atoms with van der Waals surface area (Å²) < 4.78 is 135. The molecule has 26 nitrogen and oxygen atoms in total. The summed E-state index contributed by atoms with van der Waals surface area (Å²) in [6.07, 6.45) is 0. The number of piperazine rings is 1. The van der Waals surface area contributed by atoms with E-state index in [-0.39, 0.29) is 72.7 Å². The normalized spacial score (nSPS) is 14.3. The molecular formula is C32H42N14O12S4. The summed E-state index contributed by atoms with van der Waals surface area (Å²) in [5, 5.41) is 16.0. The van der Waals surface area contributed by atoms with E-state index in [0.29, 0.717) is 38.3 Å². The minimum absolute atomic E-state index is 0.115. The Bertz CT molecular complexity index is 2670. The van der Waals surface area contributed by atoms with Crippen LogP contribution in [0.25, 0.3) is 0 Å². The molecule has 62 heavy (non-hydrogen) atoms. The minimum atomic E-state index is -4.98. The first-order valence-corrected chi connectivity index (χ1v) is 24.0. The van der Waals surface area contributed by atoms with Crippen LogP contribution in [-0.4, -0.2) is 124 Å². The van der Waals surface area contributed by atoms with Gasteiger partial charge < -0.3 is 31.1 Å². The van der Waals surface area contributed by atoms with E-state index in [4.69, 9.17) is 21.4 Å². The predicted molar refractivity (Wildman–Crippen MR) is 225 cm³/mol. The number of benzene rings is 2. The Morgan fingerprint density at radius 2 is 0.855 bits per heavy atom. The van der Waals surface area contributed by atoms with Crippen LogP contribution in [0.5, 0.6) is 0 Å². The van der Waals surface area contributed by atoms with E-state index in [1.165, 1.54) is 0 Å². The SMILES string of the molecule is CCN(CC)c1nc(N)c(N=Nc2cc(S(=O)(=O)O)ccc2S(=O)(=O)O)c(N2CCN(c3nc(N(CC)CC)nc(N)c3N=Nc3cc(S(=O)(=O)O)ccc3S(=O)(=O)O)CC2)n1. The number of aromatic nitrogens is 4. The largest absolute Gasteiger partial charge is 0.382 e. The lowest BCUT2D eigenvalue weighted by atomic mass is 10.2. The van der Waals surface area contributed by atoms with Crippen LogP contribution in [0.2, 0.25) is 0 Å². The highest BCUT2D eigenvalue weighted by atomic mass is 32.2. The van der Waals surface area contributed by atoms with Crippen molar-refractivity contribution in [3.05, 3.63) is 36.4 Å². The highest BCUT2D eigenvalue weighted by molar-refractivity contribution is 7.87. The van der Waals surface area contributed by atoms with Crippen molar-refractivity contribution >= 4 is 98.4 Å². The van der Waals surface area contributed by atoms with Gasteiger partial charge in [-0.1, -0.05) is 0 Å². The van der Waals surface area contributed by atoms with Gasteiger partial charge in [-0.15, -0.1) is 20.5 Å². The Labute approximate surface area is 356 Å². The maximum Gasteiger partial charge on any atom is 0.296 e. The van der Waals surface area contributed by atoms with Crippen LogP contribution >= 0.6 is 0 Å². The second-order valence-electron chi connectivity index (χ2n) is 13.0. The van der Waals surface area contributed by atoms with E-state index in [2.05, 4.69) is 30.4 Å². The molecule has 0 unspecified atom stereocenters. The Kier molecular flexibility index (Phi) is 14.0. The molecule has 4 aromatic rings. The van der Waals surface area contributed by atoms with Gasteiger partial charge in [-0.25, -0.2) is 0 Å². The Morgan fingerprint density at radius 3 is 1.13 bits per heavy atom. The van der Waals surface area contributed by atoms with Gasteiger partial charge in [0.15, 0.2) is 34.6 Å². The smallest absolute Gasteiger partial charge is 0.296 e. The standard InChI is InChI=1S/C32H42N14O12S4/c1-5-43(6-2)31-35-27(33)25(41-39-21-17-19(59(47,48)49)9-11-23(21)61(53,54)55)29(37-31)45-13-15-46(16-14-45)30-26(28(34)36-32(38-30)44(7-3)8-4)42-40-22-18-20(60(50,51)52)10-12-24(22)62(56,57)58/h9-12,17-18H,5-8,13-16H2,1-4H3,(H2,33,35,37)(H2,34,36,38)(H,47,48,49)(H,50,51,52)(H,53,54,55)(H,56,57,58). The molecule has 0 radical (unpaired) electrons. The molecule has 8 N–H and O–H groups in total. The summed E-state index contributed by atoms with van der Waals surface area (Å²) in [5.41, 5.74) is 11.2. The van der Waals surface area contributed by atoms with Crippen molar-refractivity contribution in [2.45, 2.75) is 47.3 Å². The van der Waals surface area contributed by atoms with Gasteiger partial charge in [-0.3, -0.25) is 18.2 Å². The number of azo groups is 2. The molecule has 3 heterocycles. The molecule has 30 heteroatoms. The first kappa shape index (κ1) is 47.3. The van der Waals surface area contributed by atoms with Crippen LogP contribution in [0.4, 0.5) is 57.9 Å². The summed E-state index contributed by atoms with van der Waals surface area (Å²) in [6.45, 7) is 9.85. The molecule has 1 aliphatic rings. The Balaban J connectivity index is 1.60. The highest BCUT2D eigenvalue weighted by Gasteiger charge is 2.29. The van der Waals surface area contributed by atoms with Gasteiger partial charge in [-0.05, 0) is 64.1 Å². The third kappa shape index (κ3) is 10.6. The summed E-state index contributed by atoms with van der Waals surface area (Å²) in [5.74, 6) is 0.218. The van der Waals surface area contributed by atoms with Gasteiger partial charge in [0.2, 0.25) is 11.9 Å². The van der Waals surface area contributed by atoms with E-state index in [1.54, 1.807) is 19.6 Å². The molecular weight excluding hydrogens is 901 g/mol. The van der Waals surface area contributed by atoms with Crippen LogP contribution in [-0.2, 0) is 40.5 Å². The number of nitrogens with zero attached hydrogens (tertiary/aromatic N) is 12. The molecule has 0 bridgehead atoms. The third-order valence-corrected chi connectivity index (χ3v) is 12.8. The van der Waals surface area contributed by atoms with Crippen molar-refractivity contribution in [1.82, 2.24) is 19.9 Å². The van der Waals surface area contributed by atoms with Gasteiger partial charge in [0.05, 0.1) is 9.79 Å². The molecule has 2 aromatic heterocycles. The van der Waals surface area contributed by atoms with Gasteiger partial charge in [0, 0.05) is 52.4 Å². The Hall–Kier alpha value is -5.76. The number of nitrogen functional groups attached to an aromatic ring is 2. The molecule has 0 spiro atoms. The number of nitrogens with two attached hydrogens (primary N) is 2. The van der Waals surface area contributed by atoms with Crippen molar-refractivity contribution in [3.8, 4) is 0 Å². The molecule has 0 amide bonds. The van der Waals surface area contributed by atoms with E-state index in [9.17, 15) is 51.9 Å². The average Bonchev–Trinajstić information content (AvgIpc) is 3.19. The fraction of sp³-hybridized carbons (Fsp3) is 0.375. The maximum absolute atomic E-state index is 12.2.